The van der Waals surface area contributed by atoms with Gasteiger partial charge < -0.3 is 5.32 Å². The van der Waals surface area contributed by atoms with Crippen molar-refractivity contribution in [2.45, 2.75) is 12.5 Å². The van der Waals surface area contributed by atoms with Crippen LogP contribution in [0.1, 0.15) is 17.2 Å². The first-order chi connectivity index (χ1) is 8.69. The Labute approximate surface area is 136 Å². The maximum Gasteiger partial charge on any atom is 0.0358 e. The van der Waals surface area contributed by atoms with Crippen molar-refractivity contribution in [1.82, 2.24) is 5.32 Å². The van der Waals surface area contributed by atoms with Crippen molar-refractivity contribution in [2.75, 3.05) is 7.05 Å². The summed E-state index contributed by atoms with van der Waals surface area (Å²) in [6.45, 7) is 0. The summed E-state index contributed by atoms with van der Waals surface area (Å²) in [5, 5.41) is 3.40. The van der Waals surface area contributed by atoms with Gasteiger partial charge in [0.05, 0.1) is 0 Å². The minimum atomic E-state index is 0.377. The van der Waals surface area contributed by atoms with Crippen LogP contribution in [0.2, 0.25) is 0 Å². The minimum Gasteiger partial charge on any atom is -0.313 e. The van der Waals surface area contributed by atoms with Crippen LogP contribution in [0.4, 0.5) is 0 Å². The molecule has 2 rings (SSSR count). The van der Waals surface area contributed by atoms with E-state index >= 15 is 0 Å². The molecule has 1 nitrogen and oxygen atoms in total. The third-order valence-electron chi connectivity index (χ3n) is 2.97. The zero-order valence-electron chi connectivity index (χ0n) is 10.2. The molecule has 0 bridgehead atoms. The second kappa shape index (κ2) is 6.86. The van der Waals surface area contributed by atoms with Gasteiger partial charge in [-0.2, -0.15) is 0 Å². The molecule has 0 saturated heterocycles. The number of benzene rings is 2. The highest BCUT2D eigenvalue weighted by molar-refractivity contribution is 14.1. The van der Waals surface area contributed by atoms with Gasteiger partial charge in [0.1, 0.15) is 0 Å². The SMILES string of the molecule is CNC(Cc1ccc(I)cc1)c1ccc(I)cc1. The molecule has 0 aliphatic rings. The molecule has 0 fully saturated rings. The average Bonchev–Trinajstić information content (AvgIpc) is 2.39. The second-order valence-corrected chi connectivity index (χ2v) is 6.71. The summed E-state index contributed by atoms with van der Waals surface area (Å²) in [7, 11) is 2.02. The Morgan fingerprint density at radius 3 is 1.89 bits per heavy atom. The number of likely N-dealkylation sites (N-methyl/N-ethyl adjacent to an activating group) is 1. The van der Waals surface area contributed by atoms with Crippen molar-refractivity contribution in [3.63, 3.8) is 0 Å². The highest BCUT2D eigenvalue weighted by atomic mass is 127. The Kier molecular flexibility index (Phi) is 5.44. The molecule has 3 heteroatoms. The van der Waals surface area contributed by atoms with E-state index in [-0.39, 0.29) is 0 Å². The van der Waals surface area contributed by atoms with E-state index in [0.29, 0.717) is 6.04 Å². The van der Waals surface area contributed by atoms with Gasteiger partial charge in [0.15, 0.2) is 0 Å². The van der Waals surface area contributed by atoms with E-state index in [4.69, 9.17) is 0 Å². The summed E-state index contributed by atoms with van der Waals surface area (Å²) in [6, 6.07) is 17.8. The highest BCUT2D eigenvalue weighted by Crippen LogP contribution is 2.20. The molecule has 18 heavy (non-hydrogen) atoms. The van der Waals surface area contributed by atoms with Gasteiger partial charge in [0.25, 0.3) is 0 Å². The molecule has 0 aliphatic carbocycles. The number of nitrogens with one attached hydrogen (secondary N) is 1. The molecule has 0 aliphatic heterocycles. The van der Waals surface area contributed by atoms with Crippen LogP contribution in [0.15, 0.2) is 48.5 Å². The van der Waals surface area contributed by atoms with E-state index in [0.717, 1.165) is 6.42 Å². The fourth-order valence-corrected chi connectivity index (χ4v) is 2.66. The van der Waals surface area contributed by atoms with Crippen molar-refractivity contribution in [2.24, 2.45) is 0 Å². The zero-order valence-corrected chi connectivity index (χ0v) is 14.5. The highest BCUT2D eigenvalue weighted by Gasteiger charge is 2.09. The normalized spacial score (nSPS) is 12.4. The monoisotopic (exact) mass is 463 g/mol. The van der Waals surface area contributed by atoms with E-state index in [2.05, 4.69) is 99.0 Å². The summed E-state index contributed by atoms with van der Waals surface area (Å²) in [6.07, 6.45) is 1.02. The summed E-state index contributed by atoms with van der Waals surface area (Å²) >= 11 is 4.68. The number of hydrogen-bond acceptors (Lipinski definition) is 1. The standard InChI is InChI=1S/C15H15I2N/c1-18-15(12-4-8-14(17)9-5-12)10-11-2-6-13(16)7-3-11/h2-9,15,18H,10H2,1H3. The molecule has 0 heterocycles. The smallest absolute Gasteiger partial charge is 0.0358 e. The molecule has 1 N–H and O–H groups in total. The first-order valence-corrected chi connectivity index (χ1v) is 8.02. The predicted molar refractivity (Wildman–Crippen MR) is 93.8 cm³/mol. The lowest BCUT2D eigenvalue weighted by Gasteiger charge is -2.17. The van der Waals surface area contributed by atoms with Crippen molar-refractivity contribution in [3.8, 4) is 0 Å². The van der Waals surface area contributed by atoms with Gasteiger partial charge >= 0.3 is 0 Å². The summed E-state index contributed by atoms with van der Waals surface area (Å²) in [5.41, 5.74) is 2.71. The lowest BCUT2D eigenvalue weighted by molar-refractivity contribution is 0.592. The fourth-order valence-electron chi connectivity index (χ4n) is 1.94. The van der Waals surface area contributed by atoms with E-state index in [1.54, 1.807) is 0 Å². The van der Waals surface area contributed by atoms with Crippen molar-refractivity contribution in [1.29, 1.82) is 0 Å². The van der Waals surface area contributed by atoms with Crippen molar-refractivity contribution >= 4 is 45.2 Å². The lowest BCUT2D eigenvalue weighted by Crippen LogP contribution is -2.18. The average molecular weight is 463 g/mol. The van der Waals surface area contributed by atoms with Crippen molar-refractivity contribution in [3.05, 3.63) is 66.8 Å². The molecule has 0 amide bonds. The second-order valence-electron chi connectivity index (χ2n) is 4.22. The minimum absolute atomic E-state index is 0.377. The molecular weight excluding hydrogens is 448 g/mol. The number of rotatable bonds is 4. The molecule has 0 radical (unpaired) electrons. The molecule has 2 aromatic rings. The fraction of sp³-hybridized carbons (Fsp3) is 0.200. The summed E-state index contributed by atoms with van der Waals surface area (Å²) in [4.78, 5) is 0. The van der Waals surface area contributed by atoms with Crippen LogP contribution in [0.25, 0.3) is 0 Å². The van der Waals surface area contributed by atoms with E-state index in [9.17, 15) is 0 Å². The van der Waals surface area contributed by atoms with E-state index in [1.165, 1.54) is 18.3 Å². The first-order valence-electron chi connectivity index (χ1n) is 5.86. The van der Waals surface area contributed by atoms with Crippen LogP contribution < -0.4 is 5.32 Å². The zero-order chi connectivity index (χ0) is 13.0. The van der Waals surface area contributed by atoms with Gasteiger partial charge in [0, 0.05) is 13.2 Å². The van der Waals surface area contributed by atoms with Crippen LogP contribution in [0.5, 0.6) is 0 Å². The van der Waals surface area contributed by atoms with Gasteiger partial charge in [-0.1, -0.05) is 24.3 Å². The molecule has 0 aromatic heterocycles. The van der Waals surface area contributed by atoms with Gasteiger partial charge in [-0.3, -0.25) is 0 Å². The molecular formula is C15H15I2N. The molecule has 2 aromatic carbocycles. The van der Waals surface area contributed by atoms with Crippen LogP contribution >= 0.6 is 45.2 Å². The van der Waals surface area contributed by atoms with Crippen LogP contribution in [0, 0.1) is 7.14 Å². The van der Waals surface area contributed by atoms with E-state index in [1.807, 2.05) is 7.05 Å². The lowest BCUT2D eigenvalue weighted by atomic mass is 9.99. The van der Waals surface area contributed by atoms with Crippen LogP contribution in [-0.2, 0) is 6.42 Å². The predicted octanol–water partition coefficient (Wildman–Crippen LogP) is 4.40. The van der Waals surface area contributed by atoms with Gasteiger partial charge in [-0.15, -0.1) is 0 Å². The topological polar surface area (TPSA) is 12.0 Å². The molecule has 0 saturated carbocycles. The molecule has 1 atom stereocenters. The number of halogens is 2. The molecule has 1 unspecified atom stereocenters. The third kappa shape index (κ3) is 3.93. The third-order valence-corrected chi connectivity index (χ3v) is 4.41. The van der Waals surface area contributed by atoms with Crippen LogP contribution in [0.3, 0.4) is 0 Å². The van der Waals surface area contributed by atoms with Gasteiger partial charge in [0.2, 0.25) is 0 Å². The molecule has 0 spiro atoms. The van der Waals surface area contributed by atoms with Gasteiger partial charge in [-0.05, 0) is 94.0 Å². The molecule has 94 valence electrons. The summed E-state index contributed by atoms with van der Waals surface area (Å²) in [5.74, 6) is 0. The maximum absolute atomic E-state index is 3.40. The quantitative estimate of drug-likeness (QED) is 0.664. The van der Waals surface area contributed by atoms with Crippen LogP contribution in [-0.4, -0.2) is 7.05 Å². The van der Waals surface area contributed by atoms with Gasteiger partial charge in [-0.25, -0.2) is 0 Å². The number of hydrogen-bond donors (Lipinski definition) is 1. The Hall–Kier alpha value is -0.140. The summed E-state index contributed by atoms with van der Waals surface area (Å²) < 4.78 is 2.56. The maximum atomic E-state index is 3.40. The van der Waals surface area contributed by atoms with E-state index < -0.39 is 0 Å². The Morgan fingerprint density at radius 2 is 1.39 bits per heavy atom. The Bertz CT molecular complexity index is 491. The largest absolute Gasteiger partial charge is 0.313 e. The van der Waals surface area contributed by atoms with Crippen molar-refractivity contribution < 1.29 is 0 Å². The Balaban J connectivity index is 2.14. The Morgan fingerprint density at radius 1 is 0.889 bits per heavy atom. The first kappa shape index (κ1) is 14.3.